The molecule has 5 rings (SSSR count). The number of anilines is 2. The van der Waals surface area contributed by atoms with Crippen molar-refractivity contribution in [3.05, 3.63) is 120 Å². The van der Waals surface area contributed by atoms with Crippen LogP contribution in [0, 0.1) is 5.92 Å². The fraction of sp³-hybridized carbons (Fsp3) is 0.235. The zero-order chi connectivity index (χ0) is 27.9. The Hall–Kier alpha value is -4.45. The summed E-state index contributed by atoms with van der Waals surface area (Å²) in [6.07, 6.45) is 1.77. The number of carbonyl (C=O) groups excluding carboxylic acids is 2. The molecule has 1 unspecified atom stereocenters. The molecule has 0 aromatic heterocycles. The second-order valence-corrected chi connectivity index (χ2v) is 10.1. The van der Waals surface area contributed by atoms with Crippen molar-refractivity contribution in [2.75, 3.05) is 30.4 Å². The average molecular weight is 537 g/mol. The lowest BCUT2D eigenvalue weighted by Crippen LogP contribution is -2.37. The van der Waals surface area contributed by atoms with E-state index in [1.165, 1.54) is 7.11 Å². The molecule has 4 aromatic carbocycles. The van der Waals surface area contributed by atoms with E-state index < -0.39 is 6.67 Å². The fourth-order valence-corrected chi connectivity index (χ4v) is 5.54. The number of alkyl halides is 1. The summed E-state index contributed by atoms with van der Waals surface area (Å²) in [4.78, 5) is 28.1. The highest BCUT2D eigenvalue weighted by Crippen LogP contribution is 2.35. The van der Waals surface area contributed by atoms with Gasteiger partial charge in [-0.1, -0.05) is 72.8 Å². The Morgan fingerprint density at radius 3 is 2.17 bits per heavy atom. The van der Waals surface area contributed by atoms with Crippen LogP contribution in [-0.2, 0) is 16.2 Å². The van der Waals surface area contributed by atoms with Crippen LogP contribution in [0.4, 0.5) is 15.8 Å². The Morgan fingerprint density at radius 2 is 1.52 bits per heavy atom. The molecule has 6 heteroatoms. The average Bonchev–Trinajstić information content (AvgIpc) is 3.02. The second kappa shape index (κ2) is 12.6. The Kier molecular flexibility index (Phi) is 8.55. The van der Waals surface area contributed by atoms with E-state index in [4.69, 9.17) is 4.74 Å². The molecule has 0 spiro atoms. The first kappa shape index (κ1) is 27.1. The van der Waals surface area contributed by atoms with Gasteiger partial charge in [-0.3, -0.25) is 9.59 Å². The third-order valence-electron chi connectivity index (χ3n) is 7.71. The van der Waals surface area contributed by atoms with E-state index in [1.54, 1.807) is 18.2 Å². The molecule has 0 aliphatic carbocycles. The maximum Gasteiger partial charge on any atom is 0.313 e. The van der Waals surface area contributed by atoms with Crippen molar-refractivity contribution in [2.24, 2.45) is 5.92 Å². The molecule has 0 saturated carbocycles. The number of rotatable bonds is 8. The summed E-state index contributed by atoms with van der Waals surface area (Å²) in [7, 11) is 1.46. The highest BCUT2D eigenvalue weighted by Gasteiger charge is 2.33. The zero-order valence-electron chi connectivity index (χ0n) is 22.6. The number of amides is 1. The Labute approximate surface area is 234 Å². The Balaban J connectivity index is 1.23. The predicted molar refractivity (Wildman–Crippen MR) is 157 cm³/mol. The molecule has 204 valence electrons. The van der Waals surface area contributed by atoms with E-state index >= 15 is 0 Å². The van der Waals surface area contributed by atoms with E-state index in [1.807, 2.05) is 84.9 Å². The molecular weight excluding hydrogens is 503 g/mol. The molecule has 1 heterocycles. The van der Waals surface area contributed by atoms with Gasteiger partial charge in [0, 0.05) is 30.0 Å². The number of nitrogens with one attached hydrogen (secondary N) is 1. The molecule has 1 atom stereocenters. The van der Waals surface area contributed by atoms with Crippen molar-refractivity contribution < 1.29 is 18.7 Å². The Morgan fingerprint density at radius 1 is 0.875 bits per heavy atom. The van der Waals surface area contributed by atoms with Crippen LogP contribution in [0.1, 0.15) is 40.2 Å². The molecule has 0 bridgehead atoms. The lowest BCUT2D eigenvalue weighted by molar-refractivity contribution is -0.144. The first-order valence-corrected chi connectivity index (χ1v) is 13.6. The van der Waals surface area contributed by atoms with Crippen LogP contribution in [0.25, 0.3) is 11.1 Å². The summed E-state index contributed by atoms with van der Waals surface area (Å²) in [6, 6.07) is 32.3. The van der Waals surface area contributed by atoms with E-state index in [2.05, 4.69) is 10.2 Å². The first-order valence-electron chi connectivity index (χ1n) is 13.6. The van der Waals surface area contributed by atoms with Crippen LogP contribution in [0.2, 0.25) is 0 Å². The van der Waals surface area contributed by atoms with E-state index in [0.29, 0.717) is 16.8 Å². The molecule has 1 saturated heterocycles. The normalized spacial score (nSPS) is 14.4. The number of carbonyl (C=O) groups is 2. The number of hydrogen-bond acceptors (Lipinski definition) is 4. The summed E-state index contributed by atoms with van der Waals surface area (Å²) in [5.74, 6) is -0.412. The van der Waals surface area contributed by atoms with Crippen LogP contribution in [0.15, 0.2) is 103 Å². The second-order valence-electron chi connectivity index (χ2n) is 10.1. The van der Waals surface area contributed by atoms with E-state index in [9.17, 15) is 14.0 Å². The SMILES string of the molecule is COC(=O)C(c1ccccc1)C1CCN(c2ccc(NC(=O)c3ccccc3-c3ccc(CF)cc3)cc2)CC1. The lowest BCUT2D eigenvalue weighted by atomic mass is 9.80. The van der Waals surface area contributed by atoms with Crippen molar-refractivity contribution in [2.45, 2.75) is 25.4 Å². The van der Waals surface area contributed by atoms with Gasteiger partial charge in [0.2, 0.25) is 0 Å². The van der Waals surface area contributed by atoms with Gasteiger partial charge in [0.25, 0.3) is 5.91 Å². The fourth-order valence-electron chi connectivity index (χ4n) is 5.54. The smallest absolute Gasteiger partial charge is 0.313 e. The van der Waals surface area contributed by atoms with Crippen LogP contribution >= 0.6 is 0 Å². The standard InChI is InChI=1S/C34H33FN2O3/c1-40-34(39)32(26-7-3-2-4-8-26)27-19-21-37(22-20-27)29-17-15-28(16-18-29)36-33(38)31-10-6-5-9-30(31)25-13-11-24(23-35)12-14-25/h2-18,27,32H,19-23H2,1H3,(H,36,38). The zero-order valence-corrected chi connectivity index (χ0v) is 22.6. The van der Waals surface area contributed by atoms with Crippen molar-refractivity contribution in [1.29, 1.82) is 0 Å². The molecular formula is C34H33FN2O3. The molecule has 1 amide bonds. The summed E-state index contributed by atoms with van der Waals surface area (Å²) in [5, 5.41) is 3.01. The summed E-state index contributed by atoms with van der Waals surface area (Å²) >= 11 is 0. The van der Waals surface area contributed by atoms with E-state index in [-0.39, 0.29) is 23.7 Å². The van der Waals surface area contributed by atoms with Crippen LogP contribution in [0.5, 0.6) is 0 Å². The molecule has 5 nitrogen and oxygen atoms in total. The maximum atomic E-state index is 13.2. The number of methoxy groups -OCH3 is 1. The molecule has 4 aromatic rings. The number of piperidine rings is 1. The van der Waals surface area contributed by atoms with Crippen LogP contribution in [-0.4, -0.2) is 32.1 Å². The number of esters is 1. The quantitative estimate of drug-likeness (QED) is 0.241. The van der Waals surface area contributed by atoms with Gasteiger partial charge in [0.05, 0.1) is 13.0 Å². The predicted octanol–water partition coefficient (Wildman–Crippen LogP) is 7.25. The number of ether oxygens (including phenoxy) is 1. The number of benzene rings is 4. The van der Waals surface area contributed by atoms with Crippen LogP contribution < -0.4 is 10.2 Å². The van der Waals surface area contributed by atoms with Gasteiger partial charge in [-0.15, -0.1) is 0 Å². The minimum absolute atomic E-state index is 0.178. The molecule has 1 fully saturated rings. The minimum Gasteiger partial charge on any atom is -0.469 e. The topological polar surface area (TPSA) is 58.6 Å². The van der Waals surface area contributed by atoms with E-state index in [0.717, 1.165) is 48.3 Å². The van der Waals surface area contributed by atoms with Gasteiger partial charge < -0.3 is 15.0 Å². The summed E-state index contributed by atoms with van der Waals surface area (Å²) in [6.45, 7) is 1.16. The van der Waals surface area contributed by atoms with Gasteiger partial charge >= 0.3 is 5.97 Å². The highest BCUT2D eigenvalue weighted by atomic mass is 19.1. The van der Waals surface area contributed by atoms with Crippen LogP contribution in [0.3, 0.4) is 0 Å². The van der Waals surface area contributed by atoms with Crippen molar-refractivity contribution >= 4 is 23.3 Å². The molecule has 40 heavy (non-hydrogen) atoms. The van der Waals surface area contributed by atoms with Gasteiger partial charge in [-0.25, -0.2) is 4.39 Å². The summed E-state index contributed by atoms with van der Waals surface area (Å²) < 4.78 is 18.1. The highest BCUT2D eigenvalue weighted by molar-refractivity contribution is 6.08. The van der Waals surface area contributed by atoms with Crippen molar-refractivity contribution in [3.8, 4) is 11.1 Å². The van der Waals surface area contributed by atoms with Crippen molar-refractivity contribution in [3.63, 3.8) is 0 Å². The molecule has 1 aliphatic heterocycles. The number of halogens is 1. The maximum absolute atomic E-state index is 13.2. The largest absolute Gasteiger partial charge is 0.469 e. The van der Waals surface area contributed by atoms with Gasteiger partial charge in [-0.2, -0.15) is 0 Å². The monoisotopic (exact) mass is 536 g/mol. The van der Waals surface area contributed by atoms with Gasteiger partial charge in [0.15, 0.2) is 0 Å². The van der Waals surface area contributed by atoms with Gasteiger partial charge in [-0.05, 0) is 71.3 Å². The minimum atomic E-state index is -0.516. The third kappa shape index (κ3) is 6.07. The number of hydrogen-bond donors (Lipinski definition) is 1. The molecule has 0 radical (unpaired) electrons. The summed E-state index contributed by atoms with van der Waals surface area (Å²) in [5.41, 5.74) is 5.62. The van der Waals surface area contributed by atoms with Crippen molar-refractivity contribution in [1.82, 2.24) is 0 Å². The van der Waals surface area contributed by atoms with Gasteiger partial charge in [0.1, 0.15) is 6.67 Å². The Bertz CT molecular complexity index is 1430. The lowest BCUT2D eigenvalue weighted by Gasteiger charge is -2.36. The first-order chi connectivity index (χ1) is 19.6. The third-order valence-corrected chi connectivity index (χ3v) is 7.71. The number of nitrogens with zero attached hydrogens (tertiary/aromatic N) is 1. The molecule has 1 N–H and O–H groups in total. The molecule has 1 aliphatic rings.